The van der Waals surface area contributed by atoms with Crippen molar-refractivity contribution in [2.45, 2.75) is 89.6 Å². The third-order valence-corrected chi connectivity index (χ3v) is 6.03. The summed E-state index contributed by atoms with van der Waals surface area (Å²) >= 11 is 0. The van der Waals surface area contributed by atoms with E-state index in [1.807, 2.05) is 6.92 Å². The topological polar surface area (TPSA) is 42.0 Å². The average Bonchev–Trinajstić information content (AvgIpc) is 3.05. The average molecular weight is 320 g/mol. The second-order valence-electron chi connectivity index (χ2n) is 8.35. The van der Waals surface area contributed by atoms with E-state index >= 15 is 0 Å². The molecule has 0 aliphatic carbocycles. The molecular weight excluding hydrogens is 288 g/mol. The van der Waals surface area contributed by atoms with Gasteiger partial charge in [0.2, 0.25) is 0 Å². The molecule has 2 saturated heterocycles. The number of rotatable bonds is 1. The van der Waals surface area contributed by atoms with E-state index in [0.29, 0.717) is 5.92 Å². The molecule has 3 heteroatoms. The zero-order valence-corrected chi connectivity index (χ0v) is 15.1. The lowest BCUT2D eigenvalue weighted by atomic mass is 9.81. The van der Waals surface area contributed by atoms with Gasteiger partial charge < -0.3 is 14.6 Å². The molecule has 0 unspecified atom stereocenters. The predicted molar refractivity (Wildman–Crippen MR) is 92.3 cm³/mol. The Bertz CT molecular complexity index is 499. The fourth-order valence-electron chi connectivity index (χ4n) is 4.13. The largest absolute Gasteiger partial charge is 0.387 e. The van der Waals surface area contributed by atoms with E-state index in [2.05, 4.69) is 32.9 Å². The molecule has 130 valence electrons. The molecule has 0 spiro atoms. The van der Waals surface area contributed by atoms with Gasteiger partial charge in [0.15, 0.2) is 0 Å². The highest BCUT2D eigenvalue weighted by atomic mass is 16.6. The number of epoxide rings is 1. The van der Waals surface area contributed by atoms with Gasteiger partial charge >= 0.3 is 0 Å². The van der Waals surface area contributed by atoms with Gasteiger partial charge in [-0.25, -0.2) is 0 Å². The van der Waals surface area contributed by atoms with E-state index in [4.69, 9.17) is 9.47 Å². The van der Waals surface area contributed by atoms with Gasteiger partial charge in [-0.2, -0.15) is 0 Å². The van der Waals surface area contributed by atoms with Gasteiger partial charge in [0.25, 0.3) is 0 Å². The first-order valence-corrected chi connectivity index (χ1v) is 9.13. The standard InChI is InChI=1S/C20H32O3/c1-14-7-5-8-15(2)11-17-16(20(4)13-22-20)12-18(23-17)19(3,21)10-6-9-14/h8-9,16-18,21H,5-7,10-13H2,1-4H3/t16-,17-,18+,19-,20-/m0/s1. The molecule has 0 amide bonds. The van der Waals surface area contributed by atoms with E-state index < -0.39 is 5.60 Å². The van der Waals surface area contributed by atoms with Crippen LogP contribution in [0.3, 0.4) is 0 Å². The van der Waals surface area contributed by atoms with Crippen LogP contribution in [0.15, 0.2) is 23.3 Å². The Morgan fingerprint density at radius 2 is 1.83 bits per heavy atom. The maximum atomic E-state index is 11.0. The Kier molecular flexibility index (Phi) is 4.74. The summed E-state index contributed by atoms with van der Waals surface area (Å²) in [4.78, 5) is 0. The summed E-state index contributed by atoms with van der Waals surface area (Å²) in [5, 5.41) is 11.0. The molecule has 0 aromatic carbocycles. The van der Waals surface area contributed by atoms with Crippen LogP contribution >= 0.6 is 0 Å². The van der Waals surface area contributed by atoms with Gasteiger partial charge in [-0.15, -0.1) is 0 Å². The first-order valence-electron chi connectivity index (χ1n) is 9.13. The minimum Gasteiger partial charge on any atom is -0.387 e. The third kappa shape index (κ3) is 3.89. The summed E-state index contributed by atoms with van der Waals surface area (Å²) in [5.74, 6) is 0.391. The summed E-state index contributed by atoms with van der Waals surface area (Å²) < 4.78 is 12.1. The van der Waals surface area contributed by atoms with Crippen LogP contribution in [0.1, 0.15) is 66.2 Å². The van der Waals surface area contributed by atoms with Crippen molar-refractivity contribution >= 4 is 0 Å². The smallest absolute Gasteiger partial charge is 0.0942 e. The molecule has 3 aliphatic heterocycles. The van der Waals surface area contributed by atoms with Gasteiger partial charge in [-0.1, -0.05) is 23.3 Å². The SMILES string of the molecule is CC1=CCC[C@](C)(O)[C@H]2C[C@H]([C@]3(C)CO3)[C@H](CC(C)=CCC1)O2. The van der Waals surface area contributed by atoms with Crippen LogP contribution in [0.2, 0.25) is 0 Å². The molecule has 0 saturated carbocycles. The van der Waals surface area contributed by atoms with Crippen LogP contribution in [-0.4, -0.2) is 35.1 Å². The molecule has 5 atom stereocenters. The normalized spacial score (nSPS) is 45.3. The second-order valence-corrected chi connectivity index (χ2v) is 8.35. The first-order chi connectivity index (χ1) is 10.8. The highest BCUT2D eigenvalue weighted by molar-refractivity contribution is 5.11. The molecule has 2 fully saturated rings. The van der Waals surface area contributed by atoms with Crippen LogP contribution in [-0.2, 0) is 9.47 Å². The number of allylic oxidation sites excluding steroid dienone is 3. The zero-order chi connectivity index (χ0) is 16.7. The van der Waals surface area contributed by atoms with Gasteiger partial charge in [0.05, 0.1) is 30.0 Å². The molecule has 3 heterocycles. The van der Waals surface area contributed by atoms with Crippen LogP contribution in [0.4, 0.5) is 0 Å². The van der Waals surface area contributed by atoms with Crippen LogP contribution < -0.4 is 0 Å². The van der Waals surface area contributed by atoms with Crippen molar-refractivity contribution in [1.82, 2.24) is 0 Å². The molecule has 3 aliphatic rings. The summed E-state index contributed by atoms with van der Waals surface area (Å²) in [6.45, 7) is 9.37. The van der Waals surface area contributed by atoms with E-state index in [-0.39, 0.29) is 17.8 Å². The van der Waals surface area contributed by atoms with E-state index in [9.17, 15) is 5.11 Å². The van der Waals surface area contributed by atoms with Crippen LogP contribution in [0.25, 0.3) is 0 Å². The Morgan fingerprint density at radius 3 is 2.52 bits per heavy atom. The molecule has 0 radical (unpaired) electrons. The highest BCUT2D eigenvalue weighted by Gasteiger charge is 2.56. The Hall–Kier alpha value is -0.640. The molecule has 23 heavy (non-hydrogen) atoms. The number of hydrogen-bond acceptors (Lipinski definition) is 3. The lowest BCUT2D eigenvalue weighted by Crippen LogP contribution is -2.39. The van der Waals surface area contributed by atoms with Crippen molar-refractivity contribution in [2.75, 3.05) is 6.61 Å². The molecule has 1 N–H and O–H groups in total. The fraction of sp³-hybridized carbons (Fsp3) is 0.800. The predicted octanol–water partition coefficient (Wildman–Crippen LogP) is 4.16. The van der Waals surface area contributed by atoms with E-state index in [1.165, 1.54) is 11.1 Å². The van der Waals surface area contributed by atoms with E-state index in [1.54, 1.807) is 0 Å². The van der Waals surface area contributed by atoms with Crippen molar-refractivity contribution < 1.29 is 14.6 Å². The van der Waals surface area contributed by atoms with Crippen LogP contribution in [0.5, 0.6) is 0 Å². The summed E-state index contributed by atoms with van der Waals surface area (Å²) in [6.07, 6.45) is 10.5. The number of aliphatic hydroxyl groups is 1. The number of hydrogen-bond donors (Lipinski definition) is 1. The third-order valence-electron chi connectivity index (χ3n) is 6.03. The van der Waals surface area contributed by atoms with Crippen LogP contribution in [0, 0.1) is 5.92 Å². The minimum absolute atomic E-state index is 0.0384. The summed E-state index contributed by atoms with van der Waals surface area (Å²) in [5.41, 5.74) is 2.02. The minimum atomic E-state index is -0.763. The van der Waals surface area contributed by atoms with Gasteiger partial charge in [-0.3, -0.25) is 0 Å². The zero-order valence-electron chi connectivity index (χ0n) is 15.1. The Balaban J connectivity index is 1.82. The first kappa shape index (κ1) is 17.2. The van der Waals surface area contributed by atoms with Crippen molar-refractivity contribution in [3.63, 3.8) is 0 Å². The number of ether oxygens (including phenoxy) is 2. The van der Waals surface area contributed by atoms with Crippen molar-refractivity contribution in [3.05, 3.63) is 23.3 Å². The molecule has 3 nitrogen and oxygen atoms in total. The molecule has 0 aromatic heterocycles. The summed E-state index contributed by atoms with van der Waals surface area (Å²) in [7, 11) is 0. The van der Waals surface area contributed by atoms with Crippen molar-refractivity contribution in [2.24, 2.45) is 5.92 Å². The van der Waals surface area contributed by atoms with Crippen molar-refractivity contribution in [1.29, 1.82) is 0 Å². The monoisotopic (exact) mass is 320 g/mol. The number of fused-ring (bicyclic) bond motifs is 2. The van der Waals surface area contributed by atoms with Gasteiger partial charge in [0.1, 0.15) is 0 Å². The lowest BCUT2D eigenvalue weighted by Gasteiger charge is -2.29. The van der Waals surface area contributed by atoms with E-state index in [0.717, 1.165) is 45.1 Å². The Morgan fingerprint density at radius 1 is 1.13 bits per heavy atom. The fourth-order valence-corrected chi connectivity index (χ4v) is 4.13. The molecule has 3 rings (SSSR count). The molecule has 0 aromatic rings. The summed E-state index contributed by atoms with van der Waals surface area (Å²) in [6, 6.07) is 0. The molecule has 2 bridgehead atoms. The second kappa shape index (κ2) is 6.34. The van der Waals surface area contributed by atoms with Crippen molar-refractivity contribution in [3.8, 4) is 0 Å². The Labute approximate surface area is 140 Å². The highest BCUT2D eigenvalue weighted by Crippen LogP contribution is 2.48. The lowest BCUT2D eigenvalue weighted by molar-refractivity contribution is -0.0981. The van der Waals surface area contributed by atoms with Gasteiger partial charge in [0, 0.05) is 5.92 Å². The molecular formula is C20H32O3. The quantitative estimate of drug-likeness (QED) is 0.583. The maximum Gasteiger partial charge on any atom is 0.0942 e. The van der Waals surface area contributed by atoms with Gasteiger partial charge in [-0.05, 0) is 66.2 Å². The maximum absolute atomic E-state index is 11.0.